The number of nitrogens with zero attached hydrogens (tertiary/aromatic N) is 1. The van der Waals surface area contributed by atoms with Crippen molar-refractivity contribution in [2.45, 2.75) is 44.2 Å². The van der Waals surface area contributed by atoms with Gasteiger partial charge in [0.15, 0.2) is 5.76 Å². The largest absolute Gasteiger partial charge is 0.485 e. The van der Waals surface area contributed by atoms with Gasteiger partial charge in [0, 0.05) is 30.1 Å². The average molecular weight is 614 g/mol. The van der Waals surface area contributed by atoms with E-state index in [0.717, 1.165) is 35.6 Å². The molecule has 1 aliphatic heterocycles. The molecule has 7 rings (SSSR count). The van der Waals surface area contributed by atoms with Crippen LogP contribution in [-0.2, 0) is 39.3 Å². The highest BCUT2D eigenvalue weighted by atomic mass is 19.1. The number of benzene rings is 4. The lowest BCUT2D eigenvalue weighted by molar-refractivity contribution is -0.127. The normalized spacial score (nSPS) is 18.3. The van der Waals surface area contributed by atoms with E-state index in [1.807, 2.05) is 42.5 Å². The molecule has 1 spiro atoms. The van der Waals surface area contributed by atoms with Crippen molar-refractivity contribution in [3.63, 3.8) is 0 Å². The lowest BCUT2D eigenvalue weighted by atomic mass is 9.71. The molecular weight excluding hydrogens is 580 g/mol. The van der Waals surface area contributed by atoms with Gasteiger partial charge in [-0.15, -0.1) is 0 Å². The predicted octanol–water partition coefficient (Wildman–Crippen LogP) is 8.24. The van der Waals surface area contributed by atoms with E-state index in [0.29, 0.717) is 36.1 Å². The minimum atomic E-state index is -0.515. The Morgan fingerprint density at radius 2 is 1.70 bits per heavy atom. The molecule has 2 aliphatic carbocycles. The number of ketones is 1. The van der Waals surface area contributed by atoms with E-state index in [1.165, 1.54) is 34.9 Å². The minimum absolute atomic E-state index is 0.0341. The molecule has 6 heteroatoms. The van der Waals surface area contributed by atoms with Crippen LogP contribution < -0.4 is 0 Å². The summed E-state index contributed by atoms with van der Waals surface area (Å²) in [6, 6.07) is 25.6. The van der Waals surface area contributed by atoms with Gasteiger partial charge in [-0.3, -0.25) is 9.59 Å². The number of fused-ring (bicyclic) bond motifs is 4. The second-order valence-electron chi connectivity index (χ2n) is 12.2. The zero-order chi connectivity index (χ0) is 31.8. The number of rotatable bonds is 6. The highest BCUT2D eigenvalue weighted by molar-refractivity contribution is 6.06. The molecule has 1 heterocycles. The second-order valence-corrected chi connectivity index (χ2v) is 12.2. The molecule has 46 heavy (non-hydrogen) atoms. The smallest absolute Gasteiger partial charge is 0.250 e. The maximum absolute atomic E-state index is 16.0. The van der Waals surface area contributed by atoms with Gasteiger partial charge in [-0.05, 0) is 88.5 Å². The molecule has 0 saturated carbocycles. The first kappa shape index (κ1) is 29.6. The van der Waals surface area contributed by atoms with E-state index in [4.69, 9.17) is 4.74 Å². The van der Waals surface area contributed by atoms with Gasteiger partial charge in [0.1, 0.15) is 18.2 Å². The van der Waals surface area contributed by atoms with Gasteiger partial charge in [0.2, 0.25) is 5.78 Å². The van der Waals surface area contributed by atoms with Crippen LogP contribution in [0, 0.1) is 11.6 Å². The van der Waals surface area contributed by atoms with Crippen LogP contribution >= 0.6 is 0 Å². The van der Waals surface area contributed by atoms with Gasteiger partial charge in [-0.1, -0.05) is 85.3 Å². The van der Waals surface area contributed by atoms with Crippen LogP contribution in [0.15, 0.2) is 115 Å². The number of carbonyl (C=O) groups excluding carboxylic acids is 2. The van der Waals surface area contributed by atoms with E-state index >= 15 is 4.39 Å². The highest BCUT2D eigenvalue weighted by Gasteiger charge is 2.48. The fraction of sp³-hybridized carbons (Fsp3) is 0.200. The fourth-order valence-corrected chi connectivity index (χ4v) is 7.36. The number of hydrogen-bond acceptors (Lipinski definition) is 3. The molecule has 1 atom stereocenters. The topological polar surface area (TPSA) is 46.6 Å². The lowest BCUT2D eigenvalue weighted by Crippen LogP contribution is -2.32. The summed E-state index contributed by atoms with van der Waals surface area (Å²) in [4.78, 5) is 28.2. The number of ether oxygens (including phenoxy) is 1. The summed E-state index contributed by atoms with van der Waals surface area (Å²) >= 11 is 0. The first-order valence-corrected chi connectivity index (χ1v) is 15.6. The Kier molecular flexibility index (Phi) is 7.73. The summed E-state index contributed by atoms with van der Waals surface area (Å²) in [5.74, 6) is -1.94. The monoisotopic (exact) mass is 613 g/mol. The van der Waals surface area contributed by atoms with Crippen LogP contribution in [0.25, 0.3) is 17.2 Å². The predicted molar refractivity (Wildman–Crippen MR) is 174 cm³/mol. The molecule has 0 fully saturated rings. The van der Waals surface area contributed by atoms with Gasteiger partial charge in [-0.2, -0.15) is 0 Å². The molecule has 2 bridgehead atoms. The first-order chi connectivity index (χ1) is 22.4. The van der Waals surface area contributed by atoms with Crippen molar-refractivity contribution >= 4 is 17.8 Å². The minimum Gasteiger partial charge on any atom is -0.485 e. The molecule has 1 unspecified atom stereocenters. The van der Waals surface area contributed by atoms with Crippen molar-refractivity contribution < 1.29 is 23.1 Å². The summed E-state index contributed by atoms with van der Waals surface area (Å²) in [6.07, 6.45) is 7.51. The maximum atomic E-state index is 16.0. The zero-order valence-corrected chi connectivity index (χ0v) is 25.4. The van der Waals surface area contributed by atoms with Gasteiger partial charge in [0.05, 0.1) is 0 Å². The molecule has 3 aliphatic rings. The molecule has 0 saturated heterocycles. The number of allylic oxidation sites excluding steroid dienone is 2. The maximum Gasteiger partial charge on any atom is 0.250 e. The van der Waals surface area contributed by atoms with Crippen LogP contribution in [0.3, 0.4) is 0 Å². The van der Waals surface area contributed by atoms with E-state index in [9.17, 15) is 14.0 Å². The first-order valence-electron chi connectivity index (χ1n) is 15.6. The Hall–Kier alpha value is -5.10. The van der Waals surface area contributed by atoms with Crippen LogP contribution in [0.2, 0.25) is 0 Å². The van der Waals surface area contributed by atoms with Gasteiger partial charge in [-0.25, -0.2) is 8.78 Å². The molecule has 0 N–H and O–H groups in total. The quantitative estimate of drug-likeness (QED) is 0.163. The number of hydrogen-bond donors (Lipinski definition) is 0. The highest BCUT2D eigenvalue weighted by Crippen LogP contribution is 2.57. The Morgan fingerprint density at radius 3 is 2.52 bits per heavy atom. The Morgan fingerprint density at radius 1 is 0.891 bits per heavy atom. The molecular formula is C40H33F2NO3. The van der Waals surface area contributed by atoms with Crippen molar-refractivity contribution in [2.24, 2.45) is 0 Å². The number of amides is 1. The van der Waals surface area contributed by atoms with Crippen LogP contribution in [0.5, 0.6) is 0 Å². The van der Waals surface area contributed by atoms with E-state index < -0.39 is 17.5 Å². The third-order valence-corrected chi connectivity index (χ3v) is 9.51. The number of carbonyl (C=O) groups is 2. The van der Waals surface area contributed by atoms with Crippen LogP contribution in [0.1, 0.15) is 52.6 Å². The molecule has 4 aromatic rings. The van der Waals surface area contributed by atoms with Crippen molar-refractivity contribution in [1.29, 1.82) is 0 Å². The van der Waals surface area contributed by atoms with Crippen LogP contribution in [-0.4, -0.2) is 23.1 Å². The molecule has 4 nitrogen and oxygen atoms in total. The third kappa shape index (κ3) is 5.18. The number of halogens is 2. The Balaban J connectivity index is 1.29. The lowest BCUT2D eigenvalue weighted by Gasteiger charge is -2.32. The third-order valence-electron chi connectivity index (χ3n) is 9.51. The van der Waals surface area contributed by atoms with Crippen molar-refractivity contribution in [2.75, 3.05) is 6.54 Å². The van der Waals surface area contributed by atoms with Crippen molar-refractivity contribution in [3.05, 3.63) is 160 Å². The van der Waals surface area contributed by atoms with Gasteiger partial charge in [0.25, 0.3) is 5.91 Å². The van der Waals surface area contributed by atoms with Crippen LogP contribution in [0.4, 0.5) is 8.78 Å². The molecule has 0 radical (unpaired) electrons. The van der Waals surface area contributed by atoms with E-state index in [1.54, 1.807) is 17.0 Å². The fourth-order valence-electron chi connectivity index (χ4n) is 7.36. The summed E-state index contributed by atoms with van der Waals surface area (Å²) < 4.78 is 36.5. The summed E-state index contributed by atoms with van der Waals surface area (Å²) in [5.41, 5.74) is 7.62. The average Bonchev–Trinajstić information content (AvgIpc) is 3.53. The van der Waals surface area contributed by atoms with Crippen molar-refractivity contribution in [3.8, 4) is 11.1 Å². The summed E-state index contributed by atoms with van der Waals surface area (Å²) in [5, 5.41) is 0. The summed E-state index contributed by atoms with van der Waals surface area (Å²) in [6.45, 7) is 4.07. The van der Waals surface area contributed by atoms with Crippen molar-refractivity contribution in [1.82, 2.24) is 4.90 Å². The molecule has 1 amide bonds. The standard InChI is InChI=1S/C40H33F2NO3/c1-2-37(44)38(46-25-26-10-4-3-5-11-26)23-39(45)43-17-9-8-16-40-30(18-27-12-6-7-13-34(27)40)19-28-21-36(42)33(22-35(28)40)32-15-14-31(41)20-29(32)24-43/h2-7,10-15,18,20-23H,1,8-9,16-17,19,24-25H2. The Bertz CT molecular complexity index is 1940. The second kappa shape index (κ2) is 12.0. The molecule has 0 aromatic heterocycles. The molecule has 230 valence electrons. The van der Waals surface area contributed by atoms with E-state index in [2.05, 4.69) is 30.9 Å². The van der Waals surface area contributed by atoms with Gasteiger partial charge < -0.3 is 9.64 Å². The Labute approximate surface area is 267 Å². The van der Waals surface area contributed by atoms with Gasteiger partial charge >= 0.3 is 0 Å². The molecule has 4 aromatic carbocycles. The van der Waals surface area contributed by atoms with E-state index in [-0.39, 0.29) is 30.1 Å². The summed E-state index contributed by atoms with van der Waals surface area (Å²) in [7, 11) is 0. The zero-order valence-electron chi connectivity index (χ0n) is 25.4. The SMILES string of the molecule is C=CC(=O)C(=CC(=O)N1CCCCC23C(=Cc4ccccc42)Cc2cc(F)c(cc23)-c2ccc(F)cc2C1)OCc1ccccc1.